The van der Waals surface area contributed by atoms with Gasteiger partial charge in [0.05, 0.1) is 36.2 Å². The molecule has 3 nitrogen and oxygen atoms in total. The molecule has 0 aromatic carbocycles. The highest BCUT2D eigenvalue weighted by Crippen LogP contribution is 2.21. The van der Waals surface area contributed by atoms with Crippen molar-refractivity contribution in [2.45, 2.75) is 205 Å². The highest BCUT2D eigenvalue weighted by molar-refractivity contribution is 6.18. The minimum atomic E-state index is -0.702. The molecule has 2 N–H and O–H groups in total. The Morgan fingerprint density at radius 2 is 0.641 bits per heavy atom. The van der Waals surface area contributed by atoms with E-state index in [1.165, 1.54) is 128 Å². The summed E-state index contributed by atoms with van der Waals surface area (Å²) in [6.45, 7) is 4.54. The number of aliphatic hydroxyl groups excluding tert-OH is 2. The first-order valence-corrected chi connectivity index (χ1v) is 18.3. The number of hydrogen-bond acceptors (Lipinski definition) is 3. The number of unbranched alkanes of at least 4 members (excludes halogenated alkanes) is 22. The topological polar surface area (TPSA) is 49.7 Å². The van der Waals surface area contributed by atoms with E-state index < -0.39 is 12.2 Å². The van der Waals surface area contributed by atoms with Gasteiger partial charge in [0, 0.05) is 0 Å². The fraction of sp³-hybridized carbons (Fsp3) is 1.00. The molecule has 0 rings (SSSR count). The van der Waals surface area contributed by atoms with E-state index in [2.05, 4.69) is 13.8 Å². The van der Waals surface area contributed by atoms with Gasteiger partial charge in [0.2, 0.25) is 0 Å². The second kappa shape index (κ2) is 31.4. The Bertz CT molecular complexity index is 426. The molecule has 0 saturated carbocycles. The Morgan fingerprint density at radius 3 is 0.872 bits per heavy atom. The van der Waals surface area contributed by atoms with Crippen molar-refractivity contribution in [1.29, 1.82) is 0 Å². The lowest BCUT2D eigenvalue weighted by atomic mass is 10.0. The summed E-state index contributed by atoms with van der Waals surface area (Å²) in [7, 11) is 0. The molecule has 0 aliphatic rings. The van der Waals surface area contributed by atoms with Crippen molar-refractivity contribution in [3.63, 3.8) is 0 Å². The predicted molar refractivity (Wildman–Crippen MR) is 174 cm³/mol. The SMILES string of the molecule is CCCCCCCCCCCCCCC(OC(CCCCCCCCCCCCCC)C(O)CCl)C(O)CCl. The van der Waals surface area contributed by atoms with Gasteiger partial charge >= 0.3 is 0 Å². The van der Waals surface area contributed by atoms with Crippen LogP contribution >= 0.6 is 23.2 Å². The van der Waals surface area contributed by atoms with Gasteiger partial charge in [0.25, 0.3) is 0 Å². The van der Waals surface area contributed by atoms with Crippen molar-refractivity contribution >= 4 is 23.2 Å². The normalized spacial score (nSPS) is 14.9. The van der Waals surface area contributed by atoms with Crippen LogP contribution in [0.3, 0.4) is 0 Å². The average Bonchev–Trinajstić information content (AvgIpc) is 2.95. The standard InChI is InChI=1S/C34H68Cl2O3/c1-3-5-7-9-11-13-15-17-19-21-23-25-27-33(31(37)29-35)39-34(32(38)30-36)28-26-24-22-20-18-16-14-12-10-8-6-4-2/h31-34,37-38H,3-30H2,1-2H3. The third kappa shape index (κ3) is 25.9. The second-order valence-electron chi connectivity index (χ2n) is 12.0. The maximum absolute atomic E-state index is 10.5. The summed E-state index contributed by atoms with van der Waals surface area (Å²) < 4.78 is 6.29. The van der Waals surface area contributed by atoms with E-state index in [1.54, 1.807) is 0 Å². The molecule has 0 aliphatic heterocycles. The largest absolute Gasteiger partial charge is 0.389 e. The zero-order chi connectivity index (χ0) is 28.8. The van der Waals surface area contributed by atoms with E-state index in [9.17, 15) is 10.2 Å². The van der Waals surface area contributed by atoms with Crippen LogP contribution in [-0.4, -0.2) is 46.4 Å². The summed E-state index contributed by atoms with van der Waals surface area (Å²) in [6, 6.07) is 0. The van der Waals surface area contributed by atoms with Gasteiger partial charge in [-0.15, -0.1) is 23.2 Å². The van der Waals surface area contributed by atoms with E-state index in [4.69, 9.17) is 27.9 Å². The van der Waals surface area contributed by atoms with Crippen LogP contribution in [0.2, 0.25) is 0 Å². The predicted octanol–water partition coefficient (Wildman–Crippen LogP) is 11.1. The minimum absolute atomic E-state index is 0.158. The van der Waals surface area contributed by atoms with Crippen LogP contribution in [0.4, 0.5) is 0 Å². The van der Waals surface area contributed by atoms with Crippen LogP contribution in [0.5, 0.6) is 0 Å². The van der Waals surface area contributed by atoms with Crippen LogP contribution < -0.4 is 0 Å². The lowest BCUT2D eigenvalue weighted by Crippen LogP contribution is -2.40. The highest BCUT2D eigenvalue weighted by Gasteiger charge is 2.27. The van der Waals surface area contributed by atoms with Crippen molar-refractivity contribution in [3.05, 3.63) is 0 Å². The Balaban J connectivity index is 4.08. The molecular formula is C34H68Cl2O3. The fourth-order valence-corrected chi connectivity index (χ4v) is 5.90. The van der Waals surface area contributed by atoms with Crippen LogP contribution in [0, 0.1) is 0 Å². The summed E-state index contributed by atoms with van der Waals surface area (Å²) in [4.78, 5) is 0. The Labute approximate surface area is 254 Å². The second-order valence-corrected chi connectivity index (χ2v) is 12.6. The Kier molecular flexibility index (Phi) is 31.8. The van der Waals surface area contributed by atoms with Crippen molar-refractivity contribution in [3.8, 4) is 0 Å². The number of alkyl halides is 2. The van der Waals surface area contributed by atoms with Gasteiger partial charge in [0.1, 0.15) is 0 Å². The minimum Gasteiger partial charge on any atom is -0.389 e. The van der Waals surface area contributed by atoms with Gasteiger partial charge in [-0.2, -0.15) is 0 Å². The molecule has 0 heterocycles. The monoisotopic (exact) mass is 594 g/mol. The number of aliphatic hydroxyl groups is 2. The quantitative estimate of drug-likeness (QED) is 0.0601. The maximum Gasteiger partial charge on any atom is 0.0936 e. The number of hydrogen-bond donors (Lipinski definition) is 2. The van der Waals surface area contributed by atoms with Gasteiger partial charge in [0.15, 0.2) is 0 Å². The summed E-state index contributed by atoms with van der Waals surface area (Å²) in [6.07, 6.45) is 30.9. The summed E-state index contributed by atoms with van der Waals surface area (Å²) in [5, 5.41) is 21.0. The molecule has 4 unspecified atom stereocenters. The van der Waals surface area contributed by atoms with Crippen molar-refractivity contribution < 1.29 is 14.9 Å². The molecule has 0 radical (unpaired) electrons. The third-order valence-electron chi connectivity index (χ3n) is 8.21. The number of rotatable bonds is 32. The first kappa shape index (κ1) is 39.5. The summed E-state index contributed by atoms with van der Waals surface area (Å²) in [5.41, 5.74) is 0. The third-order valence-corrected chi connectivity index (χ3v) is 8.84. The lowest BCUT2D eigenvalue weighted by Gasteiger charge is -2.30. The zero-order valence-corrected chi connectivity index (χ0v) is 27.7. The van der Waals surface area contributed by atoms with Crippen LogP contribution in [0.25, 0.3) is 0 Å². The molecule has 0 aliphatic carbocycles. The maximum atomic E-state index is 10.5. The summed E-state index contributed by atoms with van der Waals surface area (Å²) in [5.74, 6) is 0.316. The molecule has 0 saturated heterocycles. The molecule has 0 aromatic rings. The van der Waals surface area contributed by atoms with E-state index in [0.717, 1.165) is 38.5 Å². The van der Waals surface area contributed by atoms with Crippen LogP contribution in [-0.2, 0) is 4.74 Å². The molecule has 0 amide bonds. The Morgan fingerprint density at radius 1 is 0.410 bits per heavy atom. The summed E-state index contributed by atoms with van der Waals surface area (Å²) >= 11 is 12.0. The van der Waals surface area contributed by atoms with E-state index in [1.807, 2.05) is 0 Å². The molecule has 4 atom stereocenters. The van der Waals surface area contributed by atoms with Gasteiger partial charge in [-0.1, -0.05) is 168 Å². The smallest absolute Gasteiger partial charge is 0.0936 e. The van der Waals surface area contributed by atoms with Gasteiger partial charge in [-0.25, -0.2) is 0 Å². The van der Waals surface area contributed by atoms with E-state index in [0.29, 0.717) is 0 Å². The van der Waals surface area contributed by atoms with Gasteiger partial charge in [-0.05, 0) is 12.8 Å². The van der Waals surface area contributed by atoms with Gasteiger partial charge in [-0.3, -0.25) is 0 Å². The Hall–Kier alpha value is 0.460. The van der Waals surface area contributed by atoms with Crippen molar-refractivity contribution in [2.24, 2.45) is 0 Å². The van der Waals surface area contributed by atoms with Crippen molar-refractivity contribution in [2.75, 3.05) is 11.8 Å². The van der Waals surface area contributed by atoms with Crippen LogP contribution in [0.15, 0.2) is 0 Å². The zero-order valence-electron chi connectivity index (χ0n) is 26.2. The molecule has 236 valence electrons. The molecule has 39 heavy (non-hydrogen) atoms. The molecular weight excluding hydrogens is 527 g/mol. The number of ether oxygens (including phenoxy) is 1. The lowest BCUT2D eigenvalue weighted by molar-refractivity contribution is -0.112. The van der Waals surface area contributed by atoms with Gasteiger partial charge < -0.3 is 14.9 Å². The molecule has 5 heteroatoms. The first-order valence-electron chi connectivity index (χ1n) is 17.2. The van der Waals surface area contributed by atoms with E-state index in [-0.39, 0.29) is 24.0 Å². The fourth-order valence-electron chi connectivity index (χ4n) is 5.50. The average molecular weight is 596 g/mol. The molecule has 0 bridgehead atoms. The van der Waals surface area contributed by atoms with E-state index >= 15 is 0 Å². The highest BCUT2D eigenvalue weighted by atomic mass is 35.5. The molecule has 0 aromatic heterocycles. The molecule has 0 fully saturated rings. The van der Waals surface area contributed by atoms with Crippen LogP contribution in [0.1, 0.15) is 181 Å². The van der Waals surface area contributed by atoms with Crippen molar-refractivity contribution in [1.82, 2.24) is 0 Å². The number of halogens is 2. The first-order chi connectivity index (χ1) is 19.1. The molecule has 0 spiro atoms.